The van der Waals surface area contributed by atoms with Gasteiger partial charge in [-0.1, -0.05) is 6.92 Å². The molecular weight excluding hydrogens is 407 g/mol. The normalized spacial score (nSPS) is 12.0. The molecule has 1 heterocycles. The van der Waals surface area contributed by atoms with Crippen LogP contribution in [0.4, 0.5) is 36.3 Å². The Bertz CT molecular complexity index is 1060. The van der Waals surface area contributed by atoms with Crippen molar-refractivity contribution in [2.75, 3.05) is 10.6 Å². The lowest BCUT2D eigenvalue weighted by Gasteiger charge is -2.16. The van der Waals surface area contributed by atoms with Gasteiger partial charge >= 0.3 is 6.18 Å². The number of anilines is 4. The highest BCUT2D eigenvalue weighted by Gasteiger charge is 2.35. The maximum Gasteiger partial charge on any atom is 0.421 e. The predicted molar refractivity (Wildman–Crippen MR) is 112 cm³/mol. The summed E-state index contributed by atoms with van der Waals surface area (Å²) in [6, 6.07) is 15.0. The molecule has 0 radical (unpaired) electrons. The van der Waals surface area contributed by atoms with Gasteiger partial charge in [0.05, 0.1) is 17.7 Å². The van der Waals surface area contributed by atoms with Crippen molar-refractivity contribution in [3.63, 3.8) is 0 Å². The molecule has 2 aromatic carbocycles. The number of hydrogen-bond donors (Lipinski definition) is 2. The van der Waals surface area contributed by atoms with Crippen molar-refractivity contribution in [3.05, 3.63) is 65.9 Å². The van der Waals surface area contributed by atoms with E-state index in [1.165, 1.54) is 0 Å². The first-order chi connectivity index (χ1) is 14.8. The quantitative estimate of drug-likeness (QED) is 0.479. The average Bonchev–Trinajstić information content (AvgIpc) is 2.75. The highest BCUT2D eigenvalue weighted by molar-refractivity contribution is 5.63. The molecule has 0 bridgehead atoms. The number of nitrogens with zero attached hydrogens (tertiary/aromatic N) is 3. The third kappa shape index (κ3) is 5.85. The van der Waals surface area contributed by atoms with Gasteiger partial charge in [0.1, 0.15) is 17.1 Å². The number of rotatable bonds is 7. The number of nitriles is 1. The van der Waals surface area contributed by atoms with E-state index in [9.17, 15) is 13.2 Å². The van der Waals surface area contributed by atoms with Gasteiger partial charge < -0.3 is 15.4 Å². The summed E-state index contributed by atoms with van der Waals surface area (Å²) >= 11 is 0. The van der Waals surface area contributed by atoms with Gasteiger partial charge in [0, 0.05) is 17.6 Å². The van der Waals surface area contributed by atoms with Gasteiger partial charge in [-0.05, 0) is 61.9 Å². The Morgan fingerprint density at radius 3 is 2.23 bits per heavy atom. The van der Waals surface area contributed by atoms with Crippen LogP contribution >= 0.6 is 0 Å². The number of benzene rings is 2. The minimum atomic E-state index is -4.63. The number of nitrogens with one attached hydrogen (secondary N) is 2. The number of halogens is 3. The van der Waals surface area contributed by atoms with Gasteiger partial charge in [-0.3, -0.25) is 0 Å². The van der Waals surface area contributed by atoms with Gasteiger partial charge in [0.25, 0.3) is 0 Å². The van der Waals surface area contributed by atoms with E-state index in [4.69, 9.17) is 10.00 Å². The van der Waals surface area contributed by atoms with Crippen molar-refractivity contribution >= 4 is 23.1 Å². The minimum absolute atomic E-state index is 0.0167. The molecule has 1 atom stereocenters. The Balaban J connectivity index is 1.84. The first-order valence-corrected chi connectivity index (χ1v) is 9.53. The highest BCUT2D eigenvalue weighted by atomic mass is 19.4. The lowest BCUT2D eigenvalue weighted by atomic mass is 10.2. The number of ether oxygens (including phenoxy) is 1. The first-order valence-electron chi connectivity index (χ1n) is 9.53. The molecule has 0 saturated heterocycles. The first kappa shape index (κ1) is 21.9. The molecule has 31 heavy (non-hydrogen) atoms. The van der Waals surface area contributed by atoms with E-state index < -0.39 is 11.7 Å². The molecule has 0 aliphatic carbocycles. The maximum absolute atomic E-state index is 13.4. The molecule has 6 nitrogen and oxygen atoms in total. The molecule has 3 aromatic rings. The fourth-order valence-electron chi connectivity index (χ4n) is 2.57. The van der Waals surface area contributed by atoms with E-state index >= 15 is 0 Å². The van der Waals surface area contributed by atoms with Crippen LogP contribution in [0.15, 0.2) is 54.7 Å². The molecule has 0 spiro atoms. The summed E-state index contributed by atoms with van der Waals surface area (Å²) in [5.74, 6) is 0.230. The topological polar surface area (TPSA) is 82.9 Å². The van der Waals surface area contributed by atoms with Crippen molar-refractivity contribution in [1.82, 2.24) is 9.97 Å². The van der Waals surface area contributed by atoms with E-state index in [1.54, 1.807) is 48.5 Å². The number of hydrogen-bond acceptors (Lipinski definition) is 6. The molecule has 160 valence electrons. The van der Waals surface area contributed by atoms with Crippen LogP contribution in [-0.4, -0.2) is 16.1 Å². The van der Waals surface area contributed by atoms with Gasteiger partial charge in [-0.25, -0.2) is 4.98 Å². The molecule has 0 fully saturated rings. The molecule has 0 aliphatic heterocycles. The molecule has 0 aliphatic rings. The fourth-order valence-corrected chi connectivity index (χ4v) is 2.57. The summed E-state index contributed by atoms with van der Waals surface area (Å²) in [7, 11) is 0. The zero-order valence-corrected chi connectivity index (χ0v) is 16.9. The van der Waals surface area contributed by atoms with Crippen molar-refractivity contribution in [3.8, 4) is 11.8 Å². The highest BCUT2D eigenvalue weighted by Crippen LogP contribution is 2.35. The van der Waals surface area contributed by atoms with E-state index in [-0.39, 0.29) is 17.9 Å². The Morgan fingerprint density at radius 1 is 1.03 bits per heavy atom. The largest absolute Gasteiger partial charge is 0.491 e. The monoisotopic (exact) mass is 427 g/mol. The van der Waals surface area contributed by atoms with Gasteiger partial charge in [0.2, 0.25) is 5.95 Å². The zero-order chi connectivity index (χ0) is 22.4. The Labute approximate surface area is 177 Å². The summed E-state index contributed by atoms with van der Waals surface area (Å²) < 4.78 is 46.0. The van der Waals surface area contributed by atoms with Crippen LogP contribution in [0.25, 0.3) is 0 Å². The van der Waals surface area contributed by atoms with E-state index in [2.05, 4.69) is 20.6 Å². The van der Waals surface area contributed by atoms with Gasteiger partial charge in [0.15, 0.2) is 0 Å². The number of aromatic nitrogens is 2. The fraction of sp³-hybridized carbons (Fsp3) is 0.227. The van der Waals surface area contributed by atoms with Crippen LogP contribution in [-0.2, 0) is 6.18 Å². The summed E-state index contributed by atoms with van der Waals surface area (Å²) in [5.41, 5.74) is 0.432. The molecule has 0 saturated carbocycles. The standard InChI is InChI=1S/C22H20F3N5O/c1-3-14(2)31-18-10-8-16(9-11-18)28-20-19(22(23,24)25)13-27-21(30-20)29-17-6-4-15(12-26)5-7-17/h4-11,13-14H,3H2,1-2H3,(H2,27,28,29,30). The van der Waals surface area contributed by atoms with Crippen molar-refractivity contribution in [2.24, 2.45) is 0 Å². The molecular formula is C22H20F3N5O. The van der Waals surface area contributed by atoms with Crippen LogP contribution in [0.5, 0.6) is 5.75 Å². The van der Waals surface area contributed by atoms with Gasteiger partial charge in [-0.2, -0.15) is 23.4 Å². The maximum atomic E-state index is 13.4. The summed E-state index contributed by atoms with van der Waals surface area (Å²) in [5, 5.41) is 14.4. The summed E-state index contributed by atoms with van der Waals surface area (Å²) in [4.78, 5) is 7.78. The molecule has 9 heteroatoms. The van der Waals surface area contributed by atoms with Gasteiger partial charge in [-0.15, -0.1) is 0 Å². The minimum Gasteiger partial charge on any atom is -0.491 e. The Morgan fingerprint density at radius 2 is 1.65 bits per heavy atom. The van der Waals surface area contributed by atoms with Crippen molar-refractivity contribution in [1.29, 1.82) is 5.26 Å². The summed E-state index contributed by atoms with van der Waals surface area (Å²) in [6.07, 6.45) is -3.03. The number of alkyl halides is 3. The van der Waals surface area contributed by atoms with Crippen molar-refractivity contribution < 1.29 is 17.9 Å². The van der Waals surface area contributed by atoms with E-state index in [0.29, 0.717) is 22.7 Å². The molecule has 3 rings (SSSR count). The molecule has 1 unspecified atom stereocenters. The molecule has 2 N–H and O–H groups in total. The van der Waals surface area contributed by atoms with Crippen LogP contribution in [0.3, 0.4) is 0 Å². The summed E-state index contributed by atoms with van der Waals surface area (Å²) in [6.45, 7) is 3.93. The lowest BCUT2D eigenvalue weighted by molar-refractivity contribution is -0.137. The molecule has 0 amide bonds. The second-order valence-electron chi connectivity index (χ2n) is 6.75. The average molecular weight is 427 g/mol. The second-order valence-corrected chi connectivity index (χ2v) is 6.75. The molecule has 1 aromatic heterocycles. The van der Waals surface area contributed by atoms with E-state index in [1.807, 2.05) is 19.9 Å². The van der Waals surface area contributed by atoms with Crippen LogP contribution in [0, 0.1) is 11.3 Å². The second kappa shape index (κ2) is 9.34. The van der Waals surface area contributed by atoms with Crippen LogP contribution in [0.2, 0.25) is 0 Å². The van der Waals surface area contributed by atoms with E-state index in [0.717, 1.165) is 12.6 Å². The van der Waals surface area contributed by atoms with Crippen molar-refractivity contribution in [2.45, 2.75) is 32.5 Å². The zero-order valence-electron chi connectivity index (χ0n) is 16.9. The Hall–Kier alpha value is -3.80. The third-order valence-corrected chi connectivity index (χ3v) is 4.39. The smallest absolute Gasteiger partial charge is 0.421 e. The van der Waals surface area contributed by atoms with Crippen LogP contribution in [0.1, 0.15) is 31.4 Å². The predicted octanol–water partition coefficient (Wildman–Crippen LogP) is 6.03. The third-order valence-electron chi connectivity index (χ3n) is 4.39. The lowest BCUT2D eigenvalue weighted by Crippen LogP contribution is -2.13. The van der Waals surface area contributed by atoms with Crippen LogP contribution < -0.4 is 15.4 Å². The Kier molecular flexibility index (Phi) is 6.60. The SMILES string of the molecule is CCC(C)Oc1ccc(Nc2nc(Nc3ccc(C#N)cc3)ncc2C(F)(F)F)cc1.